The van der Waals surface area contributed by atoms with Gasteiger partial charge in [0, 0.05) is 12.2 Å². The summed E-state index contributed by atoms with van der Waals surface area (Å²) < 4.78 is 9.28. The highest BCUT2D eigenvalue weighted by Gasteiger charge is 1.95. The lowest BCUT2D eigenvalue weighted by atomic mass is 10.4. The van der Waals surface area contributed by atoms with Gasteiger partial charge >= 0.3 is 11.9 Å². The molecule has 0 atom stereocenters. The summed E-state index contributed by atoms with van der Waals surface area (Å²) in [6.45, 7) is 0.318. The molecule has 0 amide bonds. The molecule has 0 heterocycles. The largest absolute Gasteiger partial charge is 0.461 e. The number of rotatable bonds is 7. The monoisotopic (exact) mass is 266 g/mol. The molecule has 0 fully saturated rings. The SMILES string of the molecule is O=C(/C=C\C=C/C(=O)OCCCl)OCCCl. The van der Waals surface area contributed by atoms with Gasteiger partial charge in [0.05, 0.1) is 11.8 Å². The molecule has 90 valence electrons. The first-order valence-corrected chi connectivity index (χ1v) is 5.57. The van der Waals surface area contributed by atoms with E-state index in [0.29, 0.717) is 0 Å². The summed E-state index contributed by atoms with van der Waals surface area (Å²) in [6.07, 6.45) is 5.10. The molecular weight excluding hydrogens is 255 g/mol. The lowest BCUT2D eigenvalue weighted by Crippen LogP contribution is -2.03. The van der Waals surface area contributed by atoms with E-state index in [4.69, 9.17) is 23.2 Å². The summed E-state index contributed by atoms with van der Waals surface area (Å²) in [5.74, 6) is -0.529. The predicted octanol–water partition coefficient (Wildman–Crippen LogP) is 1.66. The summed E-state index contributed by atoms with van der Waals surface area (Å²) in [7, 11) is 0. The van der Waals surface area contributed by atoms with E-state index in [-0.39, 0.29) is 25.0 Å². The molecule has 0 aliphatic rings. The van der Waals surface area contributed by atoms with Crippen molar-refractivity contribution in [2.45, 2.75) is 0 Å². The van der Waals surface area contributed by atoms with E-state index in [1.54, 1.807) is 0 Å². The zero-order valence-electron chi connectivity index (χ0n) is 8.53. The maximum atomic E-state index is 10.9. The van der Waals surface area contributed by atoms with Gasteiger partial charge in [-0.05, 0) is 0 Å². The second-order valence-electron chi connectivity index (χ2n) is 2.43. The minimum atomic E-state index is -0.514. The van der Waals surface area contributed by atoms with Crippen LogP contribution < -0.4 is 0 Å². The highest BCUT2D eigenvalue weighted by atomic mass is 35.5. The Labute approximate surface area is 104 Å². The normalized spacial score (nSPS) is 10.9. The summed E-state index contributed by atoms with van der Waals surface area (Å²) in [5.41, 5.74) is 0. The summed E-state index contributed by atoms with van der Waals surface area (Å²) in [6, 6.07) is 0. The Bertz CT molecular complexity index is 246. The Kier molecular flexibility index (Phi) is 9.86. The second kappa shape index (κ2) is 10.5. The van der Waals surface area contributed by atoms with Crippen LogP contribution in [0.1, 0.15) is 0 Å². The van der Waals surface area contributed by atoms with Crippen molar-refractivity contribution in [3.05, 3.63) is 24.3 Å². The molecule has 0 radical (unpaired) electrons. The lowest BCUT2D eigenvalue weighted by molar-refractivity contribution is -0.138. The number of alkyl halides is 2. The molecule has 0 aliphatic heterocycles. The van der Waals surface area contributed by atoms with Crippen molar-refractivity contribution in [1.29, 1.82) is 0 Å². The number of allylic oxidation sites excluding steroid dienone is 2. The molecule has 4 nitrogen and oxygen atoms in total. The van der Waals surface area contributed by atoms with E-state index < -0.39 is 11.9 Å². The number of halogens is 2. The number of esters is 2. The van der Waals surface area contributed by atoms with Crippen LogP contribution in [0.3, 0.4) is 0 Å². The number of ether oxygens (including phenoxy) is 2. The molecule has 0 spiro atoms. The van der Waals surface area contributed by atoms with Gasteiger partial charge in [-0.1, -0.05) is 12.2 Å². The van der Waals surface area contributed by atoms with Crippen LogP contribution in [0.5, 0.6) is 0 Å². The van der Waals surface area contributed by atoms with Crippen molar-refractivity contribution in [3.8, 4) is 0 Å². The van der Waals surface area contributed by atoms with E-state index in [9.17, 15) is 9.59 Å². The molecule has 6 heteroatoms. The molecule has 0 aromatic rings. The molecule has 0 N–H and O–H groups in total. The van der Waals surface area contributed by atoms with Gasteiger partial charge in [-0.15, -0.1) is 23.2 Å². The van der Waals surface area contributed by atoms with Gasteiger partial charge in [0.15, 0.2) is 0 Å². The fourth-order valence-corrected chi connectivity index (χ4v) is 0.797. The molecule has 16 heavy (non-hydrogen) atoms. The maximum absolute atomic E-state index is 10.9. The van der Waals surface area contributed by atoms with Crippen LogP contribution in [-0.2, 0) is 19.1 Å². The average Bonchev–Trinajstić information content (AvgIpc) is 2.29. The highest BCUT2D eigenvalue weighted by Crippen LogP contribution is 1.87. The molecule has 0 aliphatic carbocycles. The van der Waals surface area contributed by atoms with Gasteiger partial charge < -0.3 is 9.47 Å². The zero-order chi connectivity index (χ0) is 12.2. The van der Waals surface area contributed by atoms with Crippen LogP contribution in [-0.4, -0.2) is 36.9 Å². The minimum Gasteiger partial charge on any atom is -0.461 e. The van der Waals surface area contributed by atoms with Crippen molar-refractivity contribution < 1.29 is 19.1 Å². The Balaban J connectivity index is 3.76. The average molecular weight is 267 g/mol. The van der Waals surface area contributed by atoms with Crippen molar-refractivity contribution in [1.82, 2.24) is 0 Å². The fourth-order valence-electron chi connectivity index (χ4n) is 0.643. The van der Waals surface area contributed by atoms with Crippen LogP contribution in [0, 0.1) is 0 Å². The molecule has 0 saturated carbocycles. The Morgan fingerprint density at radius 2 is 1.25 bits per heavy atom. The quantitative estimate of drug-likeness (QED) is 0.305. The molecule has 0 saturated heterocycles. The first-order chi connectivity index (χ1) is 7.70. The Morgan fingerprint density at radius 3 is 1.56 bits per heavy atom. The van der Waals surface area contributed by atoms with E-state index >= 15 is 0 Å². The predicted molar refractivity (Wildman–Crippen MR) is 61.6 cm³/mol. The number of carbonyl (C=O) groups is 2. The van der Waals surface area contributed by atoms with Crippen molar-refractivity contribution in [2.24, 2.45) is 0 Å². The molecule has 0 aromatic heterocycles. The maximum Gasteiger partial charge on any atom is 0.330 e. The van der Waals surface area contributed by atoms with E-state index in [2.05, 4.69) is 9.47 Å². The standard InChI is InChI=1S/C10H12Cl2O4/c11-5-7-15-9(13)3-1-2-4-10(14)16-8-6-12/h1-4H,5-8H2/b3-1-,4-2-. The summed E-state index contributed by atoms with van der Waals surface area (Å²) in [4.78, 5) is 21.8. The Morgan fingerprint density at radius 1 is 0.875 bits per heavy atom. The van der Waals surface area contributed by atoms with E-state index in [1.165, 1.54) is 24.3 Å². The zero-order valence-corrected chi connectivity index (χ0v) is 10.0. The fraction of sp³-hybridized carbons (Fsp3) is 0.400. The number of hydrogen-bond donors (Lipinski definition) is 0. The second-order valence-corrected chi connectivity index (χ2v) is 3.19. The van der Waals surface area contributed by atoms with Crippen LogP contribution in [0.4, 0.5) is 0 Å². The lowest BCUT2D eigenvalue weighted by Gasteiger charge is -1.96. The highest BCUT2D eigenvalue weighted by molar-refractivity contribution is 6.18. The van der Waals surface area contributed by atoms with Crippen molar-refractivity contribution in [3.63, 3.8) is 0 Å². The van der Waals surface area contributed by atoms with Crippen LogP contribution in [0.2, 0.25) is 0 Å². The van der Waals surface area contributed by atoms with E-state index in [1.807, 2.05) is 0 Å². The summed E-state index contributed by atoms with van der Waals surface area (Å²) in [5, 5.41) is 0. The molecule has 0 unspecified atom stereocenters. The molecular formula is C10H12Cl2O4. The van der Waals surface area contributed by atoms with Gasteiger partial charge in [-0.2, -0.15) is 0 Å². The van der Waals surface area contributed by atoms with E-state index in [0.717, 1.165) is 0 Å². The van der Waals surface area contributed by atoms with Gasteiger partial charge in [0.1, 0.15) is 13.2 Å². The van der Waals surface area contributed by atoms with Crippen LogP contribution in [0.15, 0.2) is 24.3 Å². The molecule has 0 rings (SSSR count). The Hall–Kier alpha value is -1.00. The third kappa shape index (κ3) is 9.55. The van der Waals surface area contributed by atoms with Crippen molar-refractivity contribution in [2.75, 3.05) is 25.0 Å². The third-order valence-electron chi connectivity index (χ3n) is 1.22. The van der Waals surface area contributed by atoms with Crippen LogP contribution >= 0.6 is 23.2 Å². The van der Waals surface area contributed by atoms with Crippen LogP contribution in [0.25, 0.3) is 0 Å². The van der Waals surface area contributed by atoms with Gasteiger partial charge in [-0.3, -0.25) is 0 Å². The van der Waals surface area contributed by atoms with Gasteiger partial charge in [0.25, 0.3) is 0 Å². The smallest absolute Gasteiger partial charge is 0.330 e. The van der Waals surface area contributed by atoms with Gasteiger partial charge in [-0.25, -0.2) is 9.59 Å². The van der Waals surface area contributed by atoms with Gasteiger partial charge in [0.2, 0.25) is 0 Å². The first kappa shape index (κ1) is 15.0. The number of carbonyl (C=O) groups excluding carboxylic acids is 2. The molecule has 0 bridgehead atoms. The van der Waals surface area contributed by atoms with Crippen molar-refractivity contribution >= 4 is 35.1 Å². The topological polar surface area (TPSA) is 52.6 Å². The third-order valence-corrected chi connectivity index (χ3v) is 1.53. The summed E-state index contributed by atoms with van der Waals surface area (Å²) >= 11 is 10.6. The molecule has 0 aromatic carbocycles. The first-order valence-electron chi connectivity index (χ1n) is 4.51. The number of hydrogen-bond acceptors (Lipinski definition) is 4. The minimum absolute atomic E-state index is 0.159.